The number of halogens is 1. The monoisotopic (exact) mass is 410 g/mol. The van der Waals surface area contributed by atoms with E-state index in [0.29, 0.717) is 11.3 Å². The Kier molecular flexibility index (Phi) is 5.76. The lowest BCUT2D eigenvalue weighted by molar-refractivity contribution is -0.123. The van der Waals surface area contributed by atoms with Gasteiger partial charge in [-0.25, -0.2) is 5.43 Å². The minimum Gasteiger partial charge on any atom is -0.507 e. The molecular weight excluding hydrogens is 395 g/mol. The topological polar surface area (TPSA) is 70.9 Å². The van der Waals surface area contributed by atoms with Crippen LogP contribution in [0.1, 0.15) is 11.1 Å². The van der Waals surface area contributed by atoms with Crippen molar-refractivity contribution >= 4 is 34.7 Å². The highest BCUT2D eigenvalue weighted by Crippen LogP contribution is 2.17. The highest BCUT2D eigenvalue weighted by atomic mass is 127. The van der Waals surface area contributed by atoms with Gasteiger partial charge in [-0.05, 0) is 59.3 Å². The van der Waals surface area contributed by atoms with Gasteiger partial charge in [0, 0.05) is 9.13 Å². The van der Waals surface area contributed by atoms with Gasteiger partial charge in [-0.15, -0.1) is 0 Å². The van der Waals surface area contributed by atoms with E-state index >= 15 is 0 Å². The van der Waals surface area contributed by atoms with E-state index < -0.39 is 0 Å². The summed E-state index contributed by atoms with van der Waals surface area (Å²) >= 11 is 2.13. The van der Waals surface area contributed by atoms with E-state index in [2.05, 4.69) is 33.1 Å². The van der Waals surface area contributed by atoms with Crippen LogP contribution in [0.2, 0.25) is 0 Å². The average Bonchev–Trinajstić information content (AvgIpc) is 2.50. The molecule has 0 aliphatic carbocycles. The number of phenolic OH excluding ortho intramolecular Hbond substituents is 1. The molecule has 114 valence electrons. The molecule has 0 aliphatic heterocycles. The van der Waals surface area contributed by atoms with Crippen molar-refractivity contribution in [3.05, 3.63) is 57.2 Å². The van der Waals surface area contributed by atoms with Crippen molar-refractivity contribution in [2.45, 2.75) is 6.92 Å². The number of aryl methyl sites for hydroxylation is 1. The van der Waals surface area contributed by atoms with Crippen LogP contribution in [0.5, 0.6) is 11.5 Å². The third kappa shape index (κ3) is 4.73. The van der Waals surface area contributed by atoms with E-state index in [1.54, 1.807) is 24.3 Å². The summed E-state index contributed by atoms with van der Waals surface area (Å²) in [5, 5.41) is 13.5. The number of phenols is 1. The van der Waals surface area contributed by atoms with E-state index in [1.807, 2.05) is 25.1 Å². The lowest BCUT2D eigenvalue weighted by Crippen LogP contribution is -2.24. The van der Waals surface area contributed by atoms with Crippen molar-refractivity contribution in [3.63, 3.8) is 0 Å². The van der Waals surface area contributed by atoms with E-state index in [9.17, 15) is 9.90 Å². The second-order valence-corrected chi connectivity index (χ2v) is 5.80. The molecule has 0 heterocycles. The molecule has 2 aromatic rings. The lowest BCUT2D eigenvalue weighted by Gasteiger charge is -2.07. The summed E-state index contributed by atoms with van der Waals surface area (Å²) in [5.74, 6) is 0.399. The standard InChI is InChI=1S/C16H15IN2O3/c1-11-4-2-3-5-15(11)22-10-16(21)19-18-9-12-8-13(17)6-7-14(12)20/h2-9,20H,10H2,1H3,(H,19,21)/b18-9+. The highest BCUT2D eigenvalue weighted by molar-refractivity contribution is 14.1. The fraction of sp³-hybridized carbons (Fsp3) is 0.125. The maximum absolute atomic E-state index is 11.7. The molecule has 0 saturated heterocycles. The SMILES string of the molecule is Cc1ccccc1OCC(=O)N/N=C/c1cc(I)ccc1O. The molecule has 2 N–H and O–H groups in total. The number of para-hydroxylation sites is 1. The molecule has 0 atom stereocenters. The predicted molar refractivity (Wildman–Crippen MR) is 93.2 cm³/mol. The van der Waals surface area contributed by atoms with Gasteiger partial charge < -0.3 is 9.84 Å². The van der Waals surface area contributed by atoms with E-state index in [4.69, 9.17) is 4.74 Å². The van der Waals surface area contributed by atoms with Gasteiger partial charge in [-0.2, -0.15) is 5.10 Å². The van der Waals surface area contributed by atoms with Crippen LogP contribution >= 0.6 is 22.6 Å². The van der Waals surface area contributed by atoms with Gasteiger partial charge in [0.1, 0.15) is 11.5 Å². The van der Waals surface area contributed by atoms with E-state index in [0.717, 1.165) is 9.13 Å². The Hall–Kier alpha value is -2.09. The van der Waals surface area contributed by atoms with E-state index in [-0.39, 0.29) is 18.3 Å². The molecule has 2 aromatic carbocycles. The molecule has 6 heteroatoms. The number of nitrogens with zero attached hydrogens (tertiary/aromatic N) is 1. The summed E-state index contributed by atoms with van der Waals surface area (Å²) in [6, 6.07) is 12.6. The maximum Gasteiger partial charge on any atom is 0.277 e. The second kappa shape index (κ2) is 7.79. The van der Waals surface area contributed by atoms with Crippen LogP contribution in [-0.4, -0.2) is 23.8 Å². The van der Waals surface area contributed by atoms with E-state index in [1.165, 1.54) is 6.21 Å². The van der Waals surface area contributed by atoms with Gasteiger partial charge in [0.05, 0.1) is 6.21 Å². The molecule has 0 saturated carbocycles. The Morgan fingerprint density at radius 2 is 2.14 bits per heavy atom. The van der Waals surface area contributed by atoms with Crippen LogP contribution in [0, 0.1) is 10.5 Å². The Bertz CT molecular complexity index is 702. The molecule has 2 rings (SSSR count). The first-order valence-corrected chi connectivity index (χ1v) is 7.63. The van der Waals surface area contributed by atoms with Gasteiger partial charge in [-0.3, -0.25) is 4.79 Å². The number of hydrazone groups is 1. The number of rotatable bonds is 5. The van der Waals surface area contributed by atoms with Gasteiger partial charge in [0.15, 0.2) is 6.61 Å². The molecule has 5 nitrogen and oxygen atoms in total. The third-order valence-corrected chi connectivity index (χ3v) is 3.51. The van der Waals surface area contributed by atoms with Crippen molar-refractivity contribution < 1.29 is 14.6 Å². The molecule has 22 heavy (non-hydrogen) atoms. The lowest BCUT2D eigenvalue weighted by atomic mass is 10.2. The first kappa shape index (κ1) is 16.3. The fourth-order valence-corrected chi connectivity index (χ4v) is 2.21. The highest BCUT2D eigenvalue weighted by Gasteiger charge is 2.03. The molecular formula is C16H15IN2O3. The van der Waals surface area contributed by atoms with Crippen LogP contribution < -0.4 is 10.2 Å². The van der Waals surface area contributed by atoms with Crippen molar-refractivity contribution in [1.82, 2.24) is 5.43 Å². The normalized spacial score (nSPS) is 10.6. The molecule has 0 aliphatic rings. The molecule has 0 unspecified atom stereocenters. The quantitative estimate of drug-likeness (QED) is 0.453. The molecule has 1 amide bonds. The first-order valence-electron chi connectivity index (χ1n) is 6.55. The number of aromatic hydroxyl groups is 1. The van der Waals surface area contributed by atoms with Crippen molar-refractivity contribution in [2.75, 3.05) is 6.61 Å². The van der Waals surface area contributed by atoms with Gasteiger partial charge in [0.2, 0.25) is 0 Å². The predicted octanol–water partition coefficient (Wildman–Crippen LogP) is 2.83. The van der Waals surface area contributed by atoms with Crippen molar-refractivity contribution in [3.8, 4) is 11.5 Å². The van der Waals surface area contributed by atoms with Crippen LogP contribution in [0.4, 0.5) is 0 Å². The second-order valence-electron chi connectivity index (χ2n) is 4.55. The number of carbonyl (C=O) groups excluding carboxylic acids is 1. The minimum absolute atomic E-state index is 0.106. The maximum atomic E-state index is 11.7. The van der Waals surface area contributed by atoms with Gasteiger partial charge in [-0.1, -0.05) is 18.2 Å². The summed E-state index contributed by atoms with van der Waals surface area (Å²) in [6.45, 7) is 1.78. The third-order valence-electron chi connectivity index (χ3n) is 2.83. The Labute approximate surface area is 142 Å². The number of benzene rings is 2. The summed E-state index contributed by atoms with van der Waals surface area (Å²) < 4.78 is 6.37. The molecule has 0 aromatic heterocycles. The molecule has 0 spiro atoms. The number of ether oxygens (including phenoxy) is 1. The number of hydrogen-bond donors (Lipinski definition) is 2. The smallest absolute Gasteiger partial charge is 0.277 e. The van der Waals surface area contributed by atoms with Gasteiger partial charge in [0.25, 0.3) is 5.91 Å². The Balaban J connectivity index is 1.86. The minimum atomic E-state index is -0.371. The number of nitrogens with one attached hydrogen (secondary N) is 1. The first-order chi connectivity index (χ1) is 10.6. The Morgan fingerprint density at radius 1 is 1.36 bits per heavy atom. The Morgan fingerprint density at radius 3 is 2.91 bits per heavy atom. The number of hydrogen-bond acceptors (Lipinski definition) is 4. The summed E-state index contributed by atoms with van der Waals surface area (Å²) in [5.41, 5.74) is 3.85. The number of carbonyl (C=O) groups is 1. The van der Waals surface area contributed by atoms with Crippen molar-refractivity contribution in [2.24, 2.45) is 5.10 Å². The molecule has 0 fully saturated rings. The fourth-order valence-electron chi connectivity index (χ4n) is 1.70. The number of amides is 1. The van der Waals surface area contributed by atoms with Crippen LogP contribution in [0.3, 0.4) is 0 Å². The zero-order chi connectivity index (χ0) is 15.9. The molecule has 0 radical (unpaired) electrons. The zero-order valence-electron chi connectivity index (χ0n) is 11.9. The van der Waals surface area contributed by atoms with Gasteiger partial charge >= 0.3 is 0 Å². The zero-order valence-corrected chi connectivity index (χ0v) is 14.1. The molecule has 0 bridgehead atoms. The average molecular weight is 410 g/mol. The summed E-state index contributed by atoms with van der Waals surface area (Å²) in [6.07, 6.45) is 1.39. The largest absolute Gasteiger partial charge is 0.507 e. The summed E-state index contributed by atoms with van der Waals surface area (Å²) in [7, 11) is 0. The summed E-state index contributed by atoms with van der Waals surface area (Å²) in [4.78, 5) is 11.7. The van der Waals surface area contributed by atoms with Crippen molar-refractivity contribution in [1.29, 1.82) is 0 Å². The van der Waals surface area contributed by atoms with Crippen LogP contribution in [0.25, 0.3) is 0 Å². The van der Waals surface area contributed by atoms with Crippen LogP contribution in [0.15, 0.2) is 47.6 Å². The van der Waals surface area contributed by atoms with Crippen LogP contribution in [-0.2, 0) is 4.79 Å².